The Morgan fingerprint density at radius 3 is 2.14 bits per heavy atom. The second-order valence-corrected chi connectivity index (χ2v) is 18.3. The molecular formula is C31H41F3N4O3Si. The number of anilines is 1. The Labute approximate surface area is 246 Å². The molecule has 0 spiro atoms. The molecule has 2 atom stereocenters. The van der Waals surface area contributed by atoms with Gasteiger partial charge in [0.05, 0.1) is 11.6 Å². The maximum Gasteiger partial charge on any atom is 0.416 e. The molecule has 0 unspecified atom stereocenters. The number of halogens is 3. The fourth-order valence-electron chi connectivity index (χ4n) is 4.63. The van der Waals surface area contributed by atoms with Crippen LogP contribution in [-0.2, 0) is 15.3 Å². The molecule has 2 aromatic carbocycles. The molecule has 1 aromatic heterocycles. The molecule has 11 heteroatoms. The van der Waals surface area contributed by atoms with Crippen LogP contribution in [0, 0.1) is 5.92 Å². The number of benzene rings is 2. The lowest BCUT2D eigenvalue weighted by molar-refractivity contribution is -0.137. The van der Waals surface area contributed by atoms with Gasteiger partial charge in [0.1, 0.15) is 11.3 Å². The van der Waals surface area contributed by atoms with Gasteiger partial charge in [-0.2, -0.15) is 13.2 Å². The summed E-state index contributed by atoms with van der Waals surface area (Å²) < 4.78 is 51.6. The minimum atomic E-state index is -4.42. The number of hydrogen-bond acceptors (Lipinski definition) is 6. The Bertz CT molecular complexity index is 1420. The monoisotopic (exact) mass is 602 g/mol. The van der Waals surface area contributed by atoms with E-state index in [0.29, 0.717) is 36.8 Å². The molecule has 0 saturated carbocycles. The average molecular weight is 603 g/mol. The van der Waals surface area contributed by atoms with Gasteiger partial charge in [0.15, 0.2) is 14.1 Å². The Hall–Kier alpha value is -3.18. The summed E-state index contributed by atoms with van der Waals surface area (Å²) in [5, 5.41) is 14.0. The van der Waals surface area contributed by atoms with E-state index in [1.54, 1.807) is 4.90 Å². The maximum absolute atomic E-state index is 13.1. The summed E-state index contributed by atoms with van der Waals surface area (Å²) in [6.07, 6.45) is -4.79. The van der Waals surface area contributed by atoms with E-state index < -0.39 is 25.7 Å². The quantitative estimate of drug-likeness (QED) is 0.288. The minimum Gasteiger partial charge on any atom is -0.444 e. The summed E-state index contributed by atoms with van der Waals surface area (Å²) in [6.45, 7) is 17.8. The van der Waals surface area contributed by atoms with E-state index in [1.807, 2.05) is 45.0 Å². The van der Waals surface area contributed by atoms with Gasteiger partial charge >= 0.3 is 12.3 Å². The standard InChI is InChI=1S/C31H41F3N4O3Si/c1-29(2,3)41-28(39)38-17-21(19-40-42(7,8)30(4,5)6)25(18-38)35-27-24-12-10-9-11-23(24)26(36-37-27)20-13-15-22(16-14-20)31(32,33)34/h9-16,21,25H,17-19H2,1-8H3,(H,35,37)/t21-,25-/m1/s1. The number of alkyl halides is 3. The van der Waals surface area contributed by atoms with Gasteiger partial charge in [0.25, 0.3) is 0 Å². The Morgan fingerprint density at radius 1 is 0.952 bits per heavy atom. The van der Waals surface area contributed by atoms with Gasteiger partial charge in [-0.25, -0.2) is 4.79 Å². The third kappa shape index (κ3) is 7.23. The zero-order valence-electron chi connectivity index (χ0n) is 25.6. The Kier molecular flexibility index (Phi) is 8.68. The lowest BCUT2D eigenvalue weighted by Gasteiger charge is -2.37. The number of nitrogens with zero attached hydrogens (tertiary/aromatic N) is 3. The molecule has 0 radical (unpaired) electrons. The molecule has 1 aliphatic rings. The first kappa shape index (κ1) is 31.7. The van der Waals surface area contributed by atoms with E-state index in [1.165, 1.54) is 12.1 Å². The van der Waals surface area contributed by atoms with Crippen molar-refractivity contribution in [2.75, 3.05) is 25.0 Å². The first-order valence-corrected chi connectivity index (χ1v) is 17.1. The minimum absolute atomic E-state index is 0.0261. The summed E-state index contributed by atoms with van der Waals surface area (Å²) in [4.78, 5) is 14.7. The number of rotatable bonds is 6. The number of hydrogen-bond donors (Lipinski definition) is 1. The summed E-state index contributed by atoms with van der Waals surface area (Å²) in [5.74, 6) is 0.511. The molecular weight excluding hydrogens is 561 g/mol. The fourth-order valence-corrected chi connectivity index (χ4v) is 5.69. The lowest BCUT2D eigenvalue weighted by atomic mass is 10.0. The highest BCUT2D eigenvalue weighted by Crippen LogP contribution is 2.38. The highest BCUT2D eigenvalue weighted by atomic mass is 28.4. The van der Waals surface area contributed by atoms with Crippen molar-refractivity contribution >= 4 is 31.0 Å². The molecule has 4 rings (SSSR count). The van der Waals surface area contributed by atoms with E-state index in [9.17, 15) is 18.0 Å². The van der Waals surface area contributed by atoms with Crippen molar-refractivity contribution in [2.24, 2.45) is 5.92 Å². The van der Waals surface area contributed by atoms with Gasteiger partial charge in [0, 0.05) is 42.0 Å². The van der Waals surface area contributed by atoms with E-state index in [2.05, 4.69) is 49.4 Å². The van der Waals surface area contributed by atoms with Crippen LogP contribution in [0.3, 0.4) is 0 Å². The van der Waals surface area contributed by atoms with Crippen LogP contribution in [0.15, 0.2) is 48.5 Å². The van der Waals surface area contributed by atoms with Crippen LogP contribution in [0.4, 0.5) is 23.8 Å². The number of fused-ring (bicyclic) bond motifs is 1. The van der Waals surface area contributed by atoms with Crippen LogP contribution < -0.4 is 5.32 Å². The molecule has 42 heavy (non-hydrogen) atoms. The molecule has 1 amide bonds. The SMILES string of the molecule is CC(C)(C)OC(=O)N1C[C@H](CO[Si](C)(C)C(C)(C)C)[C@H](Nc2nnc(-c3ccc(C(F)(F)F)cc3)c3ccccc23)C1. The largest absolute Gasteiger partial charge is 0.444 e. The number of amides is 1. The summed E-state index contributed by atoms with van der Waals surface area (Å²) in [6, 6.07) is 12.3. The van der Waals surface area contributed by atoms with Crippen LogP contribution in [0.5, 0.6) is 0 Å². The highest BCUT2D eigenvalue weighted by molar-refractivity contribution is 6.74. The summed E-state index contributed by atoms with van der Waals surface area (Å²) >= 11 is 0. The second kappa shape index (κ2) is 11.5. The van der Waals surface area contributed by atoms with Crippen LogP contribution in [-0.4, -0.2) is 60.8 Å². The predicted molar refractivity (Wildman–Crippen MR) is 162 cm³/mol. The maximum atomic E-state index is 13.1. The smallest absolute Gasteiger partial charge is 0.416 e. The van der Waals surface area contributed by atoms with Gasteiger partial charge in [-0.1, -0.05) is 57.2 Å². The van der Waals surface area contributed by atoms with E-state index in [0.717, 1.165) is 22.9 Å². The molecule has 1 fully saturated rings. The van der Waals surface area contributed by atoms with Crippen molar-refractivity contribution in [3.05, 3.63) is 54.1 Å². The molecule has 0 bridgehead atoms. The summed E-state index contributed by atoms with van der Waals surface area (Å²) in [7, 11) is -2.05. The van der Waals surface area contributed by atoms with Crippen molar-refractivity contribution in [3.8, 4) is 11.3 Å². The third-order valence-corrected chi connectivity index (χ3v) is 12.6. The second-order valence-electron chi connectivity index (χ2n) is 13.5. The van der Waals surface area contributed by atoms with Crippen LogP contribution in [0.2, 0.25) is 18.1 Å². The zero-order chi connectivity index (χ0) is 31.1. The van der Waals surface area contributed by atoms with E-state index in [-0.39, 0.29) is 23.1 Å². The van der Waals surface area contributed by atoms with E-state index in [4.69, 9.17) is 9.16 Å². The molecule has 1 aliphatic heterocycles. The number of aromatic nitrogens is 2. The first-order valence-electron chi connectivity index (χ1n) is 14.2. The molecule has 3 aromatic rings. The topological polar surface area (TPSA) is 76.6 Å². The van der Waals surface area contributed by atoms with Crippen molar-refractivity contribution in [2.45, 2.75) is 77.5 Å². The van der Waals surface area contributed by atoms with Gasteiger partial charge in [-0.15, -0.1) is 10.2 Å². The lowest BCUT2D eigenvalue weighted by Crippen LogP contribution is -2.43. The average Bonchev–Trinajstić information content (AvgIpc) is 3.28. The van der Waals surface area contributed by atoms with Crippen molar-refractivity contribution in [3.63, 3.8) is 0 Å². The van der Waals surface area contributed by atoms with Gasteiger partial charge in [0.2, 0.25) is 0 Å². The zero-order valence-corrected chi connectivity index (χ0v) is 26.6. The number of carbonyl (C=O) groups excluding carboxylic acids is 1. The van der Waals surface area contributed by atoms with Crippen molar-refractivity contribution < 1.29 is 27.1 Å². The highest BCUT2D eigenvalue weighted by Gasteiger charge is 2.42. The number of carbonyl (C=O) groups is 1. The number of likely N-dealkylation sites (tertiary alicyclic amines) is 1. The Balaban J connectivity index is 1.64. The molecule has 0 aliphatic carbocycles. The fraction of sp³-hybridized carbons (Fsp3) is 0.516. The van der Waals surface area contributed by atoms with Gasteiger partial charge in [-0.3, -0.25) is 0 Å². The molecule has 7 nitrogen and oxygen atoms in total. The van der Waals surface area contributed by atoms with Crippen LogP contribution >= 0.6 is 0 Å². The molecule has 1 N–H and O–H groups in total. The van der Waals surface area contributed by atoms with Crippen molar-refractivity contribution in [1.82, 2.24) is 15.1 Å². The third-order valence-electron chi connectivity index (χ3n) is 8.05. The van der Waals surface area contributed by atoms with Crippen molar-refractivity contribution in [1.29, 1.82) is 0 Å². The van der Waals surface area contributed by atoms with Gasteiger partial charge < -0.3 is 19.4 Å². The molecule has 2 heterocycles. The number of ether oxygens (including phenoxy) is 1. The number of nitrogens with one attached hydrogen (secondary N) is 1. The van der Waals surface area contributed by atoms with Crippen LogP contribution in [0.1, 0.15) is 47.1 Å². The predicted octanol–water partition coefficient (Wildman–Crippen LogP) is 7.98. The first-order chi connectivity index (χ1) is 19.4. The Morgan fingerprint density at radius 2 is 1.57 bits per heavy atom. The van der Waals surface area contributed by atoms with Crippen LogP contribution in [0.25, 0.3) is 22.0 Å². The normalized spacial score (nSPS) is 18.4. The van der Waals surface area contributed by atoms with Gasteiger partial charge in [-0.05, 0) is 51.0 Å². The van der Waals surface area contributed by atoms with E-state index >= 15 is 0 Å². The molecule has 1 saturated heterocycles. The molecule has 228 valence electrons. The summed E-state index contributed by atoms with van der Waals surface area (Å²) in [5.41, 5.74) is -0.310.